The zero-order valence-electron chi connectivity index (χ0n) is 17.1. The van der Waals surface area contributed by atoms with Gasteiger partial charge in [0.05, 0.1) is 10.5 Å². The van der Waals surface area contributed by atoms with E-state index in [-0.39, 0.29) is 16.3 Å². The Hall–Kier alpha value is -4.13. The molecule has 32 heavy (non-hydrogen) atoms. The lowest BCUT2D eigenvalue weighted by Crippen LogP contribution is -2.31. The topological polar surface area (TPSA) is 63.2 Å². The Morgan fingerprint density at radius 2 is 1.50 bits per heavy atom. The van der Waals surface area contributed by atoms with Crippen molar-refractivity contribution in [2.75, 3.05) is 0 Å². The zero-order valence-corrected chi connectivity index (χ0v) is 17.9. The van der Waals surface area contributed by atoms with Crippen molar-refractivity contribution in [2.45, 2.75) is 11.8 Å². The number of hydrogen-bond donors (Lipinski definition) is 1. The van der Waals surface area contributed by atoms with E-state index >= 15 is 0 Å². The van der Waals surface area contributed by atoms with Crippen LogP contribution in [0.3, 0.4) is 0 Å². The zero-order chi connectivity index (χ0) is 23.0. The highest BCUT2D eigenvalue weighted by atomic mass is 32.2. The van der Waals surface area contributed by atoms with E-state index in [2.05, 4.69) is 23.7 Å². The first kappa shape index (κ1) is 22.6. The Morgan fingerprint density at radius 1 is 0.875 bits per heavy atom. The van der Waals surface area contributed by atoms with Gasteiger partial charge in [-0.05, 0) is 55.5 Å². The number of amides is 1. The molecule has 0 atom stereocenters. The lowest BCUT2D eigenvalue weighted by atomic mass is 10.2. The van der Waals surface area contributed by atoms with E-state index in [1.165, 1.54) is 42.5 Å². The van der Waals surface area contributed by atoms with Crippen LogP contribution in [-0.2, 0) is 14.8 Å². The molecule has 1 N–H and O–H groups in total. The molecular weight excluding hydrogens is 425 g/mol. The standard InChI is InChI=1S/C26H18FNO3S/c1-20-10-18-25(19-11-20)32(30,31)28-26(29)23(15-12-21-6-3-2-4-7-21)9-5-8-22-13-16-24(27)17-14-22/h2-4,6-7,9-11,13-14,16-19H,1H3,(H,28,29)/b23-9+. The molecule has 0 fully saturated rings. The van der Waals surface area contributed by atoms with E-state index in [4.69, 9.17) is 0 Å². The molecule has 6 heteroatoms. The van der Waals surface area contributed by atoms with Crippen LogP contribution in [0.2, 0.25) is 0 Å². The molecule has 0 aliphatic carbocycles. The first-order valence-corrected chi connectivity index (χ1v) is 11.0. The molecule has 3 aromatic carbocycles. The summed E-state index contributed by atoms with van der Waals surface area (Å²) in [6.07, 6.45) is 1.24. The van der Waals surface area contributed by atoms with Gasteiger partial charge in [-0.3, -0.25) is 4.79 Å². The Labute approximate surface area is 186 Å². The van der Waals surface area contributed by atoms with Crippen LogP contribution in [0, 0.1) is 36.4 Å². The van der Waals surface area contributed by atoms with Crippen molar-refractivity contribution in [3.63, 3.8) is 0 Å². The summed E-state index contributed by atoms with van der Waals surface area (Å²) in [5.74, 6) is 9.67. The molecular formula is C26H18FNO3S. The van der Waals surface area contributed by atoms with Crippen LogP contribution in [-0.4, -0.2) is 14.3 Å². The van der Waals surface area contributed by atoms with E-state index < -0.39 is 15.9 Å². The Balaban J connectivity index is 1.91. The van der Waals surface area contributed by atoms with Crippen molar-refractivity contribution in [2.24, 2.45) is 0 Å². The molecule has 0 unspecified atom stereocenters. The number of carbonyl (C=O) groups excluding carboxylic acids is 1. The average Bonchev–Trinajstić information content (AvgIpc) is 2.78. The highest BCUT2D eigenvalue weighted by molar-refractivity contribution is 7.90. The number of allylic oxidation sites excluding steroid dienone is 1. The summed E-state index contributed by atoms with van der Waals surface area (Å²) in [7, 11) is -4.08. The molecule has 3 rings (SSSR count). The molecule has 1 amide bonds. The highest BCUT2D eigenvalue weighted by Gasteiger charge is 2.19. The highest BCUT2D eigenvalue weighted by Crippen LogP contribution is 2.11. The second-order valence-corrected chi connectivity index (χ2v) is 8.38. The molecule has 0 heterocycles. The molecule has 4 nitrogen and oxygen atoms in total. The lowest BCUT2D eigenvalue weighted by molar-refractivity contribution is -0.115. The monoisotopic (exact) mass is 443 g/mol. The molecule has 0 bridgehead atoms. The van der Waals surface area contributed by atoms with Crippen molar-refractivity contribution in [3.8, 4) is 23.7 Å². The quantitative estimate of drug-likeness (QED) is 0.492. The summed E-state index contributed by atoms with van der Waals surface area (Å²) >= 11 is 0. The number of nitrogens with one attached hydrogen (secondary N) is 1. The van der Waals surface area contributed by atoms with E-state index in [0.717, 1.165) is 5.56 Å². The van der Waals surface area contributed by atoms with Gasteiger partial charge >= 0.3 is 0 Å². The van der Waals surface area contributed by atoms with Crippen molar-refractivity contribution in [3.05, 3.63) is 113 Å². The molecule has 3 aromatic rings. The van der Waals surface area contributed by atoms with E-state index in [9.17, 15) is 17.6 Å². The first-order chi connectivity index (χ1) is 15.3. The van der Waals surface area contributed by atoms with Crippen LogP contribution < -0.4 is 4.72 Å². The number of benzene rings is 3. The van der Waals surface area contributed by atoms with E-state index in [0.29, 0.717) is 11.1 Å². The van der Waals surface area contributed by atoms with Gasteiger partial charge in [-0.1, -0.05) is 59.6 Å². The number of carbonyl (C=O) groups is 1. The fourth-order valence-electron chi connectivity index (χ4n) is 2.50. The Kier molecular flexibility index (Phi) is 7.23. The summed E-state index contributed by atoms with van der Waals surface area (Å²) in [4.78, 5) is 12.7. The van der Waals surface area contributed by atoms with Crippen molar-refractivity contribution < 1.29 is 17.6 Å². The summed E-state index contributed by atoms with van der Waals surface area (Å²) < 4.78 is 40.2. The maximum atomic E-state index is 13.0. The molecule has 0 saturated heterocycles. The molecule has 158 valence electrons. The minimum absolute atomic E-state index is 0.0378. The predicted octanol–water partition coefficient (Wildman–Crippen LogP) is 3.97. The third-order valence-electron chi connectivity index (χ3n) is 4.20. The van der Waals surface area contributed by atoms with Gasteiger partial charge in [0, 0.05) is 17.2 Å². The van der Waals surface area contributed by atoms with Crippen LogP contribution in [0.1, 0.15) is 16.7 Å². The SMILES string of the molecule is Cc1ccc(S(=O)(=O)NC(=O)/C(C#Cc2ccccc2)=C/C#Cc2ccc(F)cc2)cc1. The predicted molar refractivity (Wildman–Crippen MR) is 121 cm³/mol. The summed E-state index contributed by atoms with van der Waals surface area (Å²) in [6.45, 7) is 1.83. The summed E-state index contributed by atoms with van der Waals surface area (Å²) in [5.41, 5.74) is 1.95. The molecule has 0 aromatic heterocycles. The summed E-state index contributed by atoms with van der Waals surface area (Å²) in [5, 5.41) is 0. The van der Waals surface area contributed by atoms with Crippen molar-refractivity contribution in [1.82, 2.24) is 4.72 Å². The first-order valence-electron chi connectivity index (χ1n) is 9.52. The van der Waals surface area contributed by atoms with Gasteiger partial charge in [-0.25, -0.2) is 17.5 Å². The molecule has 0 aliphatic heterocycles. The fourth-order valence-corrected chi connectivity index (χ4v) is 3.46. The minimum Gasteiger partial charge on any atom is -0.267 e. The van der Waals surface area contributed by atoms with Crippen LogP contribution in [0.4, 0.5) is 4.39 Å². The molecule has 0 saturated carbocycles. The fraction of sp³-hybridized carbons (Fsp3) is 0.0385. The van der Waals surface area contributed by atoms with Crippen LogP contribution in [0.25, 0.3) is 0 Å². The van der Waals surface area contributed by atoms with Gasteiger partial charge in [0.25, 0.3) is 15.9 Å². The maximum Gasteiger partial charge on any atom is 0.274 e. The second-order valence-electron chi connectivity index (χ2n) is 6.70. The average molecular weight is 443 g/mol. The lowest BCUT2D eigenvalue weighted by Gasteiger charge is -2.06. The number of sulfonamides is 1. The van der Waals surface area contributed by atoms with Gasteiger partial charge in [0.15, 0.2) is 0 Å². The van der Waals surface area contributed by atoms with Crippen LogP contribution in [0.15, 0.2) is 95.4 Å². The Morgan fingerprint density at radius 3 is 2.16 bits per heavy atom. The van der Waals surface area contributed by atoms with E-state index in [1.54, 1.807) is 36.4 Å². The number of aryl methyl sites for hydroxylation is 1. The smallest absolute Gasteiger partial charge is 0.267 e. The minimum atomic E-state index is -4.08. The van der Waals surface area contributed by atoms with Gasteiger partial charge in [0.1, 0.15) is 5.82 Å². The maximum absolute atomic E-state index is 13.0. The molecule has 0 radical (unpaired) electrons. The normalized spacial score (nSPS) is 10.9. The van der Waals surface area contributed by atoms with Crippen molar-refractivity contribution >= 4 is 15.9 Å². The van der Waals surface area contributed by atoms with E-state index in [1.807, 2.05) is 17.7 Å². The molecule has 0 aliphatic rings. The third kappa shape index (κ3) is 6.43. The number of halogens is 1. The second kappa shape index (κ2) is 10.3. The van der Waals surface area contributed by atoms with Crippen molar-refractivity contribution in [1.29, 1.82) is 0 Å². The summed E-state index contributed by atoms with van der Waals surface area (Å²) in [6, 6.07) is 20.6. The number of rotatable bonds is 3. The van der Waals surface area contributed by atoms with Gasteiger partial charge < -0.3 is 0 Å². The van der Waals surface area contributed by atoms with Gasteiger partial charge in [-0.2, -0.15) is 0 Å². The molecule has 0 spiro atoms. The Bertz CT molecular complexity index is 1370. The van der Waals surface area contributed by atoms with Gasteiger partial charge in [-0.15, -0.1) is 0 Å². The van der Waals surface area contributed by atoms with Crippen LogP contribution >= 0.6 is 0 Å². The number of hydrogen-bond acceptors (Lipinski definition) is 3. The third-order valence-corrected chi connectivity index (χ3v) is 5.54. The van der Waals surface area contributed by atoms with Gasteiger partial charge in [0.2, 0.25) is 0 Å². The largest absolute Gasteiger partial charge is 0.274 e. The van der Waals surface area contributed by atoms with Crippen LogP contribution in [0.5, 0.6) is 0 Å².